The minimum atomic E-state index is -4.13. The van der Waals surface area contributed by atoms with Crippen molar-refractivity contribution in [3.05, 3.63) is 89.0 Å². The third kappa shape index (κ3) is 6.51. The summed E-state index contributed by atoms with van der Waals surface area (Å²) >= 11 is 0. The van der Waals surface area contributed by atoms with Crippen LogP contribution in [-0.2, 0) is 21.2 Å². The smallest absolute Gasteiger partial charge is 0.278 e. The molecule has 0 unspecified atom stereocenters. The van der Waals surface area contributed by atoms with Crippen molar-refractivity contribution in [3.63, 3.8) is 0 Å². The summed E-state index contributed by atoms with van der Waals surface area (Å²) in [5.41, 5.74) is 4.61. The lowest BCUT2D eigenvalue weighted by Crippen LogP contribution is -2.40. The zero-order valence-corrected chi connectivity index (χ0v) is 22.1. The highest BCUT2D eigenvalue weighted by atomic mass is 32.2. The minimum absolute atomic E-state index is 0.0589. The van der Waals surface area contributed by atoms with Crippen molar-refractivity contribution < 1.29 is 17.9 Å². The van der Waals surface area contributed by atoms with Crippen LogP contribution < -0.4 is 9.04 Å². The average molecular weight is 494 g/mol. The van der Waals surface area contributed by atoms with E-state index in [0.29, 0.717) is 17.4 Å². The molecule has 186 valence electrons. The molecular weight excluding hydrogens is 458 g/mol. The highest BCUT2D eigenvalue weighted by Gasteiger charge is 2.31. The maximum absolute atomic E-state index is 13.6. The van der Waals surface area contributed by atoms with Gasteiger partial charge in [0.05, 0.1) is 10.6 Å². The second-order valence-electron chi connectivity index (χ2n) is 9.21. The number of rotatable bonds is 10. The molecule has 35 heavy (non-hydrogen) atoms. The molecule has 0 heterocycles. The third-order valence-electron chi connectivity index (χ3n) is 6.00. The normalized spacial score (nSPS) is 11.5. The van der Waals surface area contributed by atoms with Crippen LogP contribution in [0, 0.1) is 13.8 Å². The Morgan fingerprint density at radius 3 is 2.17 bits per heavy atom. The van der Waals surface area contributed by atoms with Crippen LogP contribution in [0.1, 0.15) is 61.8 Å². The van der Waals surface area contributed by atoms with Crippen molar-refractivity contribution in [2.24, 2.45) is 0 Å². The van der Waals surface area contributed by atoms with Gasteiger partial charge in [0.1, 0.15) is 5.75 Å². The second kappa shape index (κ2) is 11.5. The first kappa shape index (κ1) is 26.5. The number of unbranched alkanes of at least 4 members (excludes halogenated alkanes) is 1. The summed E-state index contributed by atoms with van der Waals surface area (Å²) in [6.45, 7) is 9.85. The van der Waals surface area contributed by atoms with Crippen molar-refractivity contribution >= 4 is 21.6 Å². The summed E-state index contributed by atoms with van der Waals surface area (Å²) in [5, 5.41) is 0. The summed E-state index contributed by atoms with van der Waals surface area (Å²) in [4.78, 5) is 13.4. The van der Waals surface area contributed by atoms with Gasteiger partial charge in [0.2, 0.25) is 0 Å². The summed E-state index contributed by atoms with van der Waals surface area (Å²) in [6, 6.07) is 19.3. The fourth-order valence-electron chi connectivity index (χ4n) is 4.00. The molecule has 0 radical (unpaired) electrons. The highest BCUT2D eigenvalue weighted by Crippen LogP contribution is 2.27. The summed E-state index contributed by atoms with van der Waals surface area (Å²) in [7, 11) is -4.13. The maximum Gasteiger partial charge on any atom is 0.278 e. The summed E-state index contributed by atoms with van der Waals surface area (Å²) < 4.78 is 33.8. The molecule has 0 saturated carbocycles. The lowest BCUT2D eigenvalue weighted by Gasteiger charge is -2.23. The highest BCUT2D eigenvalue weighted by molar-refractivity contribution is 7.93. The first-order chi connectivity index (χ1) is 16.6. The van der Waals surface area contributed by atoms with Gasteiger partial charge in [-0.25, -0.2) is 8.42 Å². The Labute approximate surface area is 209 Å². The van der Waals surface area contributed by atoms with Crippen LogP contribution in [0.5, 0.6) is 5.75 Å². The Morgan fingerprint density at radius 1 is 0.943 bits per heavy atom. The predicted molar refractivity (Wildman–Crippen MR) is 142 cm³/mol. The van der Waals surface area contributed by atoms with Crippen molar-refractivity contribution in [3.8, 4) is 5.75 Å². The molecule has 1 amide bonds. The van der Waals surface area contributed by atoms with Crippen molar-refractivity contribution in [1.82, 2.24) is 0 Å². The van der Waals surface area contributed by atoms with E-state index in [0.717, 1.165) is 40.3 Å². The van der Waals surface area contributed by atoms with Gasteiger partial charge in [-0.3, -0.25) is 4.79 Å². The van der Waals surface area contributed by atoms with Gasteiger partial charge in [0.15, 0.2) is 6.61 Å². The number of aryl methyl sites for hydroxylation is 3. The lowest BCUT2D eigenvalue weighted by atomic mass is 9.98. The van der Waals surface area contributed by atoms with Crippen molar-refractivity contribution in [2.45, 2.75) is 64.7 Å². The molecular formula is C29H35NO4S. The molecule has 0 spiro atoms. The Bertz CT molecular complexity index is 1250. The molecule has 0 N–H and O–H groups in total. The monoisotopic (exact) mass is 493 g/mol. The number of amides is 1. The molecule has 3 aromatic carbocycles. The van der Waals surface area contributed by atoms with Gasteiger partial charge in [-0.2, -0.15) is 4.31 Å². The summed E-state index contributed by atoms with van der Waals surface area (Å²) in [6.07, 6.45) is 3.03. The van der Waals surface area contributed by atoms with E-state index in [1.54, 1.807) is 24.3 Å². The lowest BCUT2D eigenvalue weighted by molar-refractivity contribution is -0.119. The molecule has 6 heteroatoms. The quantitative estimate of drug-likeness (QED) is 0.320. The van der Waals surface area contributed by atoms with Gasteiger partial charge >= 0.3 is 0 Å². The zero-order chi connectivity index (χ0) is 25.6. The number of carbonyl (C=O) groups excluding carboxylic acids is 1. The molecule has 0 aliphatic carbocycles. The fourth-order valence-corrected chi connectivity index (χ4v) is 5.41. The Morgan fingerprint density at radius 2 is 1.60 bits per heavy atom. The van der Waals surface area contributed by atoms with E-state index in [4.69, 9.17) is 4.74 Å². The van der Waals surface area contributed by atoms with Gasteiger partial charge < -0.3 is 4.74 Å². The number of anilines is 1. The molecule has 5 nitrogen and oxygen atoms in total. The van der Waals surface area contributed by atoms with E-state index < -0.39 is 22.5 Å². The van der Waals surface area contributed by atoms with Crippen LogP contribution in [0.4, 0.5) is 5.69 Å². The van der Waals surface area contributed by atoms with Crippen molar-refractivity contribution in [1.29, 1.82) is 0 Å². The predicted octanol–water partition coefficient (Wildman–Crippen LogP) is 6.57. The van der Waals surface area contributed by atoms with Gasteiger partial charge in [0.25, 0.3) is 15.9 Å². The van der Waals surface area contributed by atoms with E-state index in [1.165, 1.54) is 17.7 Å². The van der Waals surface area contributed by atoms with E-state index in [1.807, 2.05) is 44.2 Å². The number of nitrogens with zero attached hydrogens (tertiary/aromatic N) is 1. The molecule has 0 atom stereocenters. The van der Waals surface area contributed by atoms with Gasteiger partial charge in [-0.15, -0.1) is 0 Å². The fraction of sp³-hybridized carbons (Fsp3) is 0.345. The van der Waals surface area contributed by atoms with Crippen molar-refractivity contribution in [2.75, 3.05) is 10.9 Å². The number of hydrogen-bond donors (Lipinski definition) is 0. The number of sulfonamides is 1. The number of ether oxygens (including phenoxy) is 1. The van der Waals surface area contributed by atoms with Gasteiger partial charge in [-0.05, 0) is 85.7 Å². The third-order valence-corrected chi connectivity index (χ3v) is 7.76. The molecule has 0 bridgehead atoms. The molecule has 0 aliphatic rings. The summed E-state index contributed by atoms with van der Waals surface area (Å²) in [5.74, 6) is 0.251. The number of hydrogen-bond acceptors (Lipinski definition) is 4. The standard InChI is InChI=1S/C29H35NO4S/c1-6-7-8-24-11-13-25(14-12-24)30(35(32,33)27-16-9-22(4)10-17-27)29(31)20-34-26-15-18-28(21(2)3)23(5)19-26/h9-19,21H,6-8,20H2,1-5H3. The topological polar surface area (TPSA) is 63.7 Å². The Balaban J connectivity index is 1.91. The van der Waals surface area contributed by atoms with Gasteiger partial charge in [0, 0.05) is 0 Å². The Hall–Kier alpha value is -3.12. The SMILES string of the molecule is CCCCc1ccc(N(C(=O)COc2ccc(C(C)C)c(C)c2)S(=O)(=O)c2ccc(C)cc2)cc1. The first-order valence-corrected chi connectivity index (χ1v) is 13.5. The van der Waals surface area contributed by atoms with Crippen LogP contribution in [-0.4, -0.2) is 20.9 Å². The number of benzene rings is 3. The van der Waals surface area contributed by atoms with E-state index in [-0.39, 0.29) is 4.90 Å². The average Bonchev–Trinajstić information content (AvgIpc) is 2.82. The molecule has 0 aromatic heterocycles. The number of carbonyl (C=O) groups is 1. The van der Waals surface area contributed by atoms with E-state index in [2.05, 4.69) is 20.8 Å². The minimum Gasteiger partial charge on any atom is -0.484 e. The van der Waals surface area contributed by atoms with Gasteiger partial charge in [-0.1, -0.05) is 63.1 Å². The van der Waals surface area contributed by atoms with Crippen LogP contribution >= 0.6 is 0 Å². The first-order valence-electron chi connectivity index (χ1n) is 12.1. The largest absolute Gasteiger partial charge is 0.484 e. The van der Waals surface area contributed by atoms with Crippen LogP contribution in [0.3, 0.4) is 0 Å². The molecule has 3 aromatic rings. The van der Waals surface area contributed by atoms with E-state index in [9.17, 15) is 13.2 Å². The molecule has 0 saturated heterocycles. The van der Waals surface area contributed by atoms with Crippen LogP contribution in [0.2, 0.25) is 0 Å². The Kier molecular flexibility index (Phi) is 8.73. The zero-order valence-electron chi connectivity index (χ0n) is 21.2. The molecule has 0 aliphatic heterocycles. The molecule has 0 fully saturated rings. The van der Waals surface area contributed by atoms with Crippen LogP contribution in [0.15, 0.2) is 71.6 Å². The maximum atomic E-state index is 13.6. The van der Waals surface area contributed by atoms with E-state index >= 15 is 0 Å². The second-order valence-corrected chi connectivity index (χ2v) is 11.0. The molecule has 3 rings (SSSR count). The van der Waals surface area contributed by atoms with Crippen LogP contribution in [0.25, 0.3) is 0 Å².